The molecule has 0 spiro atoms. The minimum absolute atomic E-state index is 0.0300. The third-order valence-corrected chi connectivity index (χ3v) is 2.39. The lowest BCUT2D eigenvalue weighted by Crippen LogP contribution is -2.28. The standard InChI is InChI=1S/C11H14FN3O4/c1-14(2)11(16)6-13-8-5-10(19-3)9(15(17)18)4-7(8)12/h4-5,13H,6H2,1-3H3. The Morgan fingerprint density at radius 3 is 2.63 bits per heavy atom. The molecule has 0 bridgehead atoms. The van der Waals surface area contributed by atoms with E-state index in [0.717, 1.165) is 12.1 Å². The predicted molar refractivity (Wildman–Crippen MR) is 66.8 cm³/mol. The molecule has 1 aromatic carbocycles. The molecule has 0 saturated heterocycles. The van der Waals surface area contributed by atoms with Crippen molar-refractivity contribution >= 4 is 17.3 Å². The summed E-state index contributed by atoms with van der Waals surface area (Å²) in [7, 11) is 4.38. The van der Waals surface area contributed by atoms with Crippen LogP contribution in [0.5, 0.6) is 5.75 Å². The Morgan fingerprint density at radius 1 is 1.53 bits per heavy atom. The van der Waals surface area contributed by atoms with Crippen molar-refractivity contribution in [3.63, 3.8) is 0 Å². The number of carbonyl (C=O) groups excluding carboxylic acids is 1. The van der Waals surface area contributed by atoms with Crippen LogP contribution >= 0.6 is 0 Å². The first-order valence-corrected chi connectivity index (χ1v) is 5.32. The first-order chi connectivity index (χ1) is 8.86. The number of nitro benzene ring substituents is 1. The molecule has 1 aromatic rings. The van der Waals surface area contributed by atoms with Gasteiger partial charge in [0, 0.05) is 20.2 Å². The van der Waals surface area contributed by atoms with Gasteiger partial charge in [0.2, 0.25) is 5.91 Å². The van der Waals surface area contributed by atoms with E-state index in [2.05, 4.69) is 5.32 Å². The molecule has 0 saturated carbocycles. The van der Waals surface area contributed by atoms with E-state index in [9.17, 15) is 19.3 Å². The molecule has 7 nitrogen and oxygen atoms in total. The minimum atomic E-state index is -0.820. The highest BCUT2D eigenvalue weighted by molar-refractivity contribution is 5.80. The summed E-state index contributed by atoms with van der Waals surface area (Å²) in [5.41, 5.74) is -0.498. The van der Waals surface area contributed by atoms with Gasteiger partial charge in [-0.15, -0.1) is 0 Å². The van der Waals surface area contributed by atoms with Gasteiger partial charge in [0.25, 0.3) is 0 Å². The normalized spacial score (nSPS) is 9.89. The Kier molecular flexibility index (Phi) is 4.62. The van der Waals surface area contributed by atoms with Crippen LogP contribution in [0.25, 0.3) is 0 Å². The molecule has 0 aromatic heterocycles. The smallest absolute Gasteiger partial charge is 0.313 e. The third-order valence-electron chi connectivity index (χ3n) is 2.39. The number of benzene rings is 1. The van der Waals surface area contributed by atoms with Crippen molar-refractivity contribution in [2.75, 3.05) is 33.1 Å². The van der Waals surface area contributed by atoms with Crippen molar-refractivity contribution in [1.29, 1.82) is 0 Å². The fraction of sp³-hybridized carbons (Fsp3) is 0.364. The van der Waals surface area contributed by atoms with E-state index in [0.29, 0.717) is 0 Å². The van der Waals surface area contributed by atoms with E-state index in [1.165, 1.54) is 12.0 Å². The molecule has 0 unspecified atom stereocenters. The van der Waals surface area contributed by atoms with E-state index in [1.54, 1.807) is 14.1 Å². The molecule has 0 fully saturated rings. The van der Waals surface area contributed by atoms with E-state index in [4.69, 9.17) is 4.74 Å². The Morgan fingerprint density at radius 2 is 2.16 bits per heavy atom. The van der Waals surface area contributed by atoms with Crippen LogP contribution in [0.3, 0.4) is 0 Å². The summed E-state index contributed by atoms with van der Waals surface area (Å²) >= 11 is 0. The van der Waals surface area contributed by atoms with E-state index in [1.807, 2.05) is 0 Å². The van der Waals surface area contributed by atoms with Crippen LogP contribution in [-0.4, -0.2) is 43.5 Å². The van der Waals surface area contributed by atoms with Gasteiger partial charge in [-0.1, -0.05) is 0 Å². The number of methoxy groups -OCH3 is 1. The summed E-state index contributed by atoms with van der Waals surface area (Å²) in [4.78, 5) is 22.6. The largest absolute Gasteiger partial charge is 0.490 e. The topological polar surface area (TPSA) is 84.7 Å². The fourth-order valence-electron chi connectivity index (χ4n) is 1.31. The predicted octanol–water partition coefficient (Wildman–Crippen LogP) is 1.24. The van der Waals surface area contributed by atoms with Gasteiger partial charge in [0.05, 0.1) is 30.3 Å². The summed E-state index contributed by atoms with van der Waals surface area (Å²) in [6.07, 6.45) is 0. The van der Waals surface area contributed by atoms with Gasteiger partial charge in [0.15, 0.2) is 11.6 Å². The number of rotatable bonds is 5. The third kappa shape index (κ3) is 3.54. The van der Waals surface area contributed by atoms with Crippen molar-refractivity contribution in [3.05, 3.63) is 28.1 Å². The van der Waals surface area contributed by atoms with Gasteiger partial charge in [-0.05, 0) is 0 Å². The molecule has 1 amide bonds. The average Bonchev–Trinajstić information content (AvgIpc) is 2.36. The Balaban J connectivity index is 2.97. The summed E-state index contributed by atoms with van der Waals surface area (Å²) in [5, 5.41) is 13.2. The molecule has 0 aliphatic heterocycles. The number of amides is 1. The number of carbonyl (C=O) groups is 1. The number of nitrogens with zero attached hydrogens (tertiary/aromatic N) is 2. The molecular formula is C11H14FN3O4. The summed E-state index contributed by atoms with van der Waals surface area (Å²) in [6, 6.07) is 1.90. The van der Waals surface area contributed by atoms with Crippen molar-refractivity contribution in [3.8, 4) is 5.75 Å². The highest BCUT2D eigenvalue weighted by Crippen LogP contribution is 2.32. The molecule has 1 rings (SSSR count). The van der Waals surface area contributed by atoms with Gasteiger partial charge in [0.1, 0.15) is 0 Å². The van der Waals surface area contributed by atoms with Gasteiger partial charge < -0.3 is 15.0 Å². The van der Waals surface area contributed by atoms with Crippen molar-refractivity contribution in [2.24, 2.45) is 0 Å². The number of ether oxygens (including phenoxy) is 1. The lowest BCUT2D eigenvalue weighted by molar-refractivity contribution is -0.385. The quantitative estimate of drug-likeness (QED) is 0.643. The molecular weight excluding hydrogens is 257 g/mol. The number of hydrogen-bond donors (Lipinski definition) is 1. The number of likely N-dealkylation sites (N-methyl/N-ethyl adjacent to an activating group) is 1. The monoisotopic (exact) mass is 271 g/mol. The maximum absolute atomic E-state index is 13.6. The Labute approximate surface area is 109 Å². The van der Waals surface area contributed by atoms with Crippen LogP contribution in [0.1, 0.15) is 0 Å². The van der Waals surface area contributed by atoms with Crippen LogP contribution in [0.2, 0.25) is 0 Å². The maximum atomic E-state index is 13.6. The molecule has 0 aliphatic rings. The number of anilines is 1. The second-order valence-corrected chi connectivity index (χ2v) is 3.90. The Bertz CT molecular complexity index is 505. The second-order valence-electron chi connectivity index (χ2n) is 3.90. The molecule has 0 heterocycles. The lowest BCUT2D eigenvalue weighted by atomic mass is 10.2. The lowest BCUT2D eigenvalue weighted by Gasteiger charge is -2.13. The summed E-state index contributed by atoms with van der Waals surface area (Å²) in [6.45, 7) is -0.120. The second kappa shape index (κ2) is 5.98. The molecule has 104 valence electrons. The summed E-state index contributed by atoms with van der Waals surface area (Å²) < 4.78 is 18.4. The van der Waals surface area contributed by atoms with Crippen LogP contribution in [0.4, 0.5) is 15.8 Å². The first kappa shape index (κ1) is 14.7. The zero-order valence-corrected chi connectivity index (χ0v) is 10.8. The van der Waals surface area contributed by atoms with Crippen LogP contribution in [0.15, 0.2) is 12.1 Å². The summed E-state index contributed by atoms with van der Waals surface area (Å²) in [5.74, 6) is -1.15. The van der Waals surface area contributed by atoms with Crippen molar-refractivity contribution in [2.45, 2.75) is 0 Å². The van der Waals surface area contributed by atoms with Crippen molar-refractivity contribution < 1.29 is 18.8 Å². The fourth-order valence-corrected chi connectivity index (χ4v) is 1.31. The highest BCUT2D eigenvalue weighted by Gasteiger charge is 2.19. The molecule has 19 heavy (non-hydrogen) atoms. The maximum Gasteiger partial charge on any atom is 0.313 e. The molecule has 8 heteroatoms. The molecule has 0 aliphatic carbocycles. The van der Waals surface area contributed by atoms with Gasteiger partial charge >= 0.3 is 5.69 Å². The average molecular weight is 271 g/mol. The van der Waals surface area contributed by atoms with Gasteiger partial charge in [-0.25, -0.2) is 4.39 Å². The van der Waals surface area contributed by atoms with Crippen LogP contribution in [0, 0.1) is 15.9 Å². The van der Waals surface area contributed by atoms with Gasteiger partial charge in [-0.2, -0.15) is 0 Å². The zero-order valence-electron chi connectivity index (χ0n) is 10.8. The van der Waals surface area contributed by atoms with Gasteiger partial charge in [-0.3, -0.25) is 14.9 Å². The van der Waals surface area contributed by atoms with E-state index >= 15 is 0 Å². The Hall–Kier alpha value is -2.38. The zero-order chi connectivity index (χ0) is 14.6. The van der Waals surface area contributed by atoms with E-state index in [-0.39, 0.29) is 23.9 Å². The number of nitro groups is 1. The molecule has 0 radical (unpaired) electrons. The van der Waals surface area contributed by atoms with Crippen LogP contribution in [-0.2, 0) is 4.79 Å². The van der Waals surface area contributed by atoms with Crippen LogP contribution < -0.4 is 10.1 Å². The number of halogens is 1. The highest BCUT2D eigenvalue weighted by atomic mass is 19.1. The minimum Gasteiger partial charge on any atom is -0.490 e. The molecule has 0 atom stereocenters. The number of nitrogens with one attached hydrogen (secondary N) is 1. The number of hydrogen-bond acceptors (Lipinski definition) is 5. The SMILES string of the molecule is COc1cc(NCC(=O)N(C)C)c(F)cc1[N+](=O)[O-]. The van der Waals surface area contributed by atoms with Crippen molar-refractivity contribution in [1.82, 2.24) is 4.90 Å². The molecule has 1 N–H and O–H groups in total. The first-order valence-electron chi connectivity index (χ1n) is 5.32. The van der Waals surface area contributed by atoms with E-state index < -0.39 is 16.4 Å².